The van der Waals surface area contributed by atoms with Crippen LogP contribution in [0.5, 0.6) is 0 Å². The van der Waals surface area contributed by atoms with Gasteiger partial charge in [0, 0.05) is 25.7 Å². The summed E-state index contributed by atoms with van der Waals surface area (Å²) in [5.41, 5.74) is -0.389. The molecule has 0 amide bonds. The molecule has 8 heteroatoms. The van der Waals surface area contributed by atoms with Crippen LogP contribution in [0.2, 0.25) is 0 Å². The molecule has 1 aliphatic heterocycles. The van der Waals surface area contributed by atoms with E-state index in [1.54, 1.807) is 0 Å². The van der Waals surface area contributed by atoms with Gasteiger partial charge in [-0.05, 0) is 19.0 Å². The fourth-order valence-electron chi connectivity index (χ4n) is 2.13. The van der Waals surface area contributed by atoms with Crippen molar-refractivity contribution in [1.82, 2.24) is 9.62 Å². The number of nitrogens with one attached hydrogen (secondary N) is 1. The molecule has 0 bridgehead atoms. The molecule has 0 saturated carbocycles. The summed E-state index contributed by atoms with van der Waals surface area (Å²) in [5, 5.41) is 14.0. The van der Waals surface area contributed by atoms with E-state index in [4.69, 9.17) is 0 Å². The lowest BCUT2D eigenvalue weighted by atomic mass is 10.3. The van der Waals surface area contributed by atoms with Crippen molar-refractivity contribution in [2.75, 3.05) is 20.1 Å². The maximum Gasteiger partial charge on any atom is 0.289 e. The molecule has 0 radical (unpaired) electrons. The first kappa shape index (κ1) is 13.9. The van der Waals surface area contributed by atoms with Crippen LogP contribution in [0.1, 0.15) is 6.42 Å². The Labute approximate surface area is 111 Å². The summed E-state index contributed by atoms with van der Waals surface area (Å²) in [6, 6.07) is 5.25. The van der Waals surface area contributed by atoms with Gasteiger partial charge in [0.15, 0.2) is 4.90 Å². The number of para-hydroxylation sites is 1. The predicted molar refractivity (Wildman–Crippen MR) is 69.3 cm³/mol. The molecule has 1 atom stereocenters. The lowest BCUT2D eigenvalue weighted by molar-refractivity contribution is -0.387. The second-order valence-electron chi connectivity index (χ2n) is 4.39. The van der Waals surface area contributed by atoms with Gasteiger partial charge in [-0.2, -0.15) is 4.31 Å². The molecule has 1 fully saturated rings. The SMILES string of the molecule is CN(C1CCNC1)S(=O)(=O)c1ccccc1[N+](=O)[O-]. The van der Waals surface area contributed by atoms with E-state index in [9.17, 15) is 18.5 Å². The van der Waals surface area contributed by atoms with Crippen LogP contribution < -0.4 is 5.32 Å². The molecule has 0 aliphatic carbocycles. The van der Waals surface area contributed by atoms with Gasteiger partial charge in [-0.25, -0.2) is 8.42 Å². The minimum atomic E-state index is -3.85. The van der Waals surface area contributed by atoms with E-state index < -0.39 is 14.9 Å². The van der Waals surface area contributed by atoms with Crippen LogP contribution >= 0.6 is 0 Å². The number of hydrogen-bond acceptors (Lipinski definition) is 5. The molecule has 0 aromatic heterocycles. The Morgan fingerprint density at radius 3 is 2.68 bits per heavy atom. The van der Waals surface area contributed by atoms with Crippen molar-refractivity contribution in [3.63, 3.8) is 0 Å². The zero-order valence-corrected chi connectivity index (χ0v) is 11.3. The third-order valence-electron chi connectivity index (χ3n) is 3.27. The van der Waals surface area contributed by atoms with Crippen molar-refractivity contribution in [3.8, 4) is 0 Å². The lowest BCUT2D eigenvalue weighted by Gasteiger charge is -2.22. The highest BCUT2D eigenvalue weighted by molar-refractivity contribution is 7.89. The first-order chi connectivity index (χ1) is 8.94. The molecule has 19 heavy (non-hydrogen) atoms. The van der Waals surface area contributed by atoms with Gasteiger partial charge in [0.1, 0.15) is 0 Å². The molecule has 2 rings (SSSR count). The highest BCUT2D eigenvalue weighted by atomic mass is 32.2. The summed E-state index contributed by atoms with van der Waals surface area (Å²) in [6.45, 7) is 1.32. The van der Waals surface area contributed by atoms with E-state index in [1.807, 2.05) is 0 Å². The van der Waals surface area contributed by atoms with E-state index in [1.165, 1.54) is 35.6 Å². The van der Waals surface area contributed by atoms with Crippen LogP contribution in [0.25, 0.3) is 0 Å². The topological polar surface area (TPSA) is 92.6 Å². The zero-order valence-electron chi connectivity index (χ0n) is 10.4. The summed E-state index contributed by atoms with van der Waals surface area (Å²) in [7, 11) is -2.38. The second kappa shape index (κ2) is 5.24. The molecule has 1 aromatic rings. The molecular weight excluding hydrogens is 270 g/mol. The van der Waals surface area contributed by atoms with Gasteiger partial charge in [-0.1, -0.05) is 12.1 Å². The number of sulfonamides is 1. The van der Waals surface area contributed by atoms with Gasteiger partial charge < -0.3 is 5.32 Å². The normalized spacial score (nSPS) is 19.8. The molecule has 1 aromatic carbocycles. The lowest BCUT2D eigenvalue weighted by Crippen LogP contribution is -2.38. The molecule has 104 valence electrons. The number of nitro groups is 1. The van der Waals surface area contributed by atoms with Crippen molar-refractivity contribution in [2.24, 2.45) is 0 Å². The summed E-state index contributed by atoms with van der Waals surface area (Å²) >= 11 is 0. The van der Waals surface area contributed by atoms with Gasteiger partial charge >= 0.3 is 0 Å². The standard InChI is InChI=1S/C11H15N3O4S/c1-13(9-6-7-12-8-9)19(17,18)11-5-3-2-4-10(11)14(15)16/h2-5,9,12H,6-8H2,1H3. The summed E-state index contributed by atoms with van der Waals surface area (Å²) < 4.78 is 26.1. The van der Waals surface area contributed by atoms with E-state index in [0.29, 0.717) is 13.0 Å². The zero-order chi connectivity index (χ0) is 14.0. The van der Waals surface area contributed by atoms with Gasteiger partial charge in [0.2, 0.25) is 10.0 Å². The van der Waals surface area contributed by atoms with Crippen LogP contribution in [0, 0.1) is 10.1 Å². The average molecular weight is 285 g/mol. The maximum absolute atomic E-state index is 12.4. The molecule has 1 saturated heterocycles. The Balaban J connectivity index is 2.41. The van der Waals surface area contributed by atoms with Crippen LogP contribution in [0.4, 0.5) is 5.69 Å². The molecule has 1 N–H and O–H groups in total. The first-order valence-electron chi connectivity index (χ1n) is 5.87. The highest BCUT2D eigenvalue weighted by Crippen LogP contribution is 2.27. The number of benzene rings is 1. The number of hydrogen-bond donors (Lipinski definition) is 1. The number of rotatable bonds is 4. The summed E-state index contributed by atoms with van der Waals surface area (Å²) in [5.74, 6) is 0. The molecule has 1 aliphatic rings. The summed E-state index contributed by atoms with van der Waals surface area (Å²) in [6.07, 6.45) is 0.705. The quantitative estimate of drug-likeness (QED) is 0.645. The molecule has 1 heterocycles. The Morgan fingerprint density at radius 2 is 2.11 bits per heavy atom. The maximum atomic E-state index is 12.4. The fraction of sp³-hybridized carbons (Fsp3) is 0.455. The Bertz CT molecular complexity index is 581. The van der Waals surface area contributed by atoms with Crippen molar-refractivity contribution in [3.05, 3.63) is 34.4 Å². The van der Waals surface area contributed by atoms with Gasteiger partial charge in [-0.3, -0.25) is 10.1 Å². The highest BCUT2D eigenvalue weighted by Gasteiger charge is 2.34. The van der Waals surface area contributed by atoms with E-state index in [-0.39, 0.29) is 16.6 Å². The number of nitrogens with zero attached hydrogens (tertiary/aromatic N) is 2. The molecule has 1 unspecified atom stereocenters. The first-order valence-corrected chi connectivity index (χ1v) is 7.31. The largest absolute Gasteiger partial charge is 0.315 e. The van der Waals surface area contributed by atoms with E-state index in [0.717, 1.165) is 6.54 Å². The van der Waals surface area contributed by atoms with Crippen LogP contribution in [-0.4, -0.2) is 43.8 Å². The Hall–Kier alpha value is -1.51. The minimum Gasteiger partial charge on any atom is -0.315 e. The smallest absolute Gasteiger partial charge is 0.289 e. The van der Waals surface area contributed by atoms with Gasteiger partial charge in [-0.15, -0.1) is 0 Å². The number of likely N-dealkylation sites (N-methyl/N-ethyl adjacent to an activating group) is 1. The average Bonchev–Trinajstić information content (AvgIpc) is 2.91. The van der Waals surface area contributed by atoms with Gasteiger partial charge in [0.05, 0.1) is 4.92 Å². The van der Waals surface area contributed by atoms with E-state index >= 15 is 0 Å². The summed E-state index contributed by atoms with van der Waals surface area (Å²) in [4.78, 5) is 9.99. The van der Waals surface area contributed by atoms with Crippen LogP contribution in [0.3, 0.4) is 0 Å². The van der Waals surface area contributed by atoms with Crippen molar-refractivity contribution in [1.29, 1.82) is 0 Å². The van der Waals surface area contributed by atoms with Crippen molar-refractivity contribution in [2.45, 2.75) is 17.4 Å². The molecule has 0 spiro atoms. The number of nitro benzene ring substituents is 1. The molecule has 7 nitrogen and oxygen atoms in total. The second-order valence-corrected chi connectivity index (χ2v) is 6.36. The third-order valence-corrected chi connectivity index (χ3v) is 5.22. The predicted octanol–water partition coefficient (Wildman–Crippen LogP) is 0.577. The van der Waals surface area contributed by atoms with Gasteiger partial charge in [0.25, 0.3) is 5.69 Å². The monoisotopic (exact) mass is 285 g/mol. The van der Waals surface area contributed by atoms with Crippen molar-refractivity contribution < 1.29 is 13.3 Å². The Morgan fingerprint density at radius 1 is 1.42 bits per heavy atom. The fourth-order valence-corrected chi connectivity index (χ4v) is 3.67. The third kappa shape index (κ3) is 2.60. The van der Waals surface area contributed by atoms with Crippen LogP contribution in [-0.2, 0) is 10.0 Å². The van der Waals surface area contributed by atoms with Crippen molar-refractivity contribution >= 4 is 15.7 Å². The Kier molecular flexibility index (Phi) is 3.83. The van der Waals surface area contributed by atoms with E-state index in [2.05, 4.69) is 5.32 Å². The molecular formula is C11H15N3O4S. The van der Waals surface area contributed by atoms with Crippen LogP contribution in [0.15, 0.2) is 29.2 Å². The minimum absolute atomic E-state index is 0.162.